The standard InChI is InChI=1S/C14H15BrFN3OS/c1-19(6-9-5-12(15)21-8-9)7-10-3-2-4-11(13(10)16)14(17)18-20/h2-5,8,20H,6-7H2,1H3,(H2,17,18). The first-order valence-corrected chi connectivity index (χ1v) is 7.85. The van der Waals surface area contributed by atoms with Gasteiger partial charge in [-0.1, -0.05) is 17.3 Å². The molecule has 0 amide bonds. The van der Waals surface area contributed by atoms with Gasteiger partial charge in [-0.2, -0.15) is 0 Å². The lowest BCUT2D eigenvalue weighted by Gasteiger charge is -2.17. The number of hydrogen-bond donors (Lipinski definition) is 2. The van der Waals surface area contributed by atoms with Gasteiger partial charge in [0.15, 0.2) is 5.84 Å². The van der Waals surface area contributed by atoms with Crippen molar-refractivity contribution in [3.05, 3.63) is 55.9 Å². The lowest BCUT2D eigenvalue weighted by molar-refractivity contribution is 0.313. The van der Waals surface area contributed by atoms with Crippen molar-refractivity contribution in [2.24, 2.45) is 10.9 Å². The average molecular weight is 372 g/mol. The molecule has 4 nitrogen and oxygen atoms in total. The van der Waals surface area contributed by atoms with Gasteiger partial charge in [0.25, 0.3) is 0 Å². The smallest absolute Gasteiger partial charge is 0.173 e. The number of hydrogen-bond acceptors (Lipinski definition) is 4. The van der Waals surface area contributed by atoms with Crippen LogP contribution in [-0.2, 0) is 13.1 Å². The summed E-state index contributed by atoms with van der Waals surface area (Å²) in [5, 5.41) is 13.6. The molecule has 7 heteroatoms. The molecule has 0 atom stereocenters. The number of nitrogens with zero attached hydrogens (tertiary/aromatic N) is 2. The Labute approximate surface area is 134 Å². The van der Waals surface area contributed by atoms with Crippen LogP contribution in [-0.4, -0.2) is 23.0 Å². The molecule has 0 spiro atoms. The molecular formula is C14H15BrFN3OS. The van der Waals surface area contributed by atoms with Crippen molar-refractivity contribution in [3.63, 3.8) is 0 Å². The molecule has 2 rings (SSSR count). The minimum absolute atomic E-state index is 0.113. The Morgan fingerprint density at radius 3 is 2.86 bits per heavy atom. The summed E-state index contributed by atoms with van der Waals surface area (Å²) >= 11 is 5.04. The van der Waals surface area contributed by atoms with Gasteiger partial charge in [0.05, 0.1) is 9.35 Å². The highest BCUT2D eigenvalue weighted by atomic mass is 79.9. The van der Waals surface area contributed by atoms with Gasteiger partial charge in [-0.05, 0) is 46.1 Å². The van der Waals surface area contributed by atoms with Gasteiger partial charge in [0.2, 0.25) is 0 Å². The third-order valence-electron chi connectivity index (χ3n) is 2.98. The van der Waals surface area contributed by atoms with Crippen molar-refractivity contribution in [1.29, 1.82) is 0 Å². The fourth-order valence-corrected chi connectivity index (χ4v) is 3.24. The van der Waals surface area contributed by atoms with Crippen LogP contribution in [0.3, 0.4) is 0 Å². The van der Waals surface area contributed by atoms with Gasteiger partial charge in [0, 0.05) is 18.7 Å². The minimum atomic E-state index is -0.453. The molecule has 1 aromatic carbocycles. The van der Waals surface area contributed by atoms with Crippen LogP contribution in [0, 0.1) is 5.82 Å². The lowest BCUT2D eigenvalue weighted by Crippen LogP contribution is -2.20. The molecule has 3 N–H and O–H groups in total. The van der Waals surface area contributed by atoms with E-state index in [-0.39, 0.29) is 11.4 Å². The molecule has 1 heterocycles. The van der Waals surface area contributed by atoms with E-state index < -0.39 is 5.82 Å². The predicted molar refractivity (Wildman–Crippen MR) is 86.1 cm³/mol. The molecule has 0 saturated heterocycles. The van der Waals surface area contributed by atoms with Crippen LogP contribution < -0.4 is 5.73 Å². The van der Waals surface area contributed by atoms with Gasteiger partial charge in [-0.3, -0.25) is 4.90 Å². The molecular weight excluding hydrogens is 357 g/mol. The van der Waals surface area contributed by atoms with E-state index in [4.69, 9.17) is 10.9 Å². The maximum atomic E-state index is 14.3. The van der Waals surface area contributed by atoms with E-state index in [9.17, 15) is 4.39 Å². The summed E-state index contributed by atoms with van der Waals surface area (Å²) in [6.07, 6.45) is 0. The van der Waals surface area contributed by atoms with Gasteiger partial charge >= 0.3 is 0 Å². The van der Waals surface area contributed by atoms with E-state index >= 15 is 0 Å². The van der Waals surface area contributed by atoms with E-state index in [1.54, 1.807) is 23.5 Å². The van der Waals surface area contributed by atoms with Gasteiger partial charge in [-0.15, -0.1) is 11.3 Å². The lowest BCUT2D eigenvalue weighted by atomic mass is 10.1. The molecule has 0 fully saturated rings. The van der Waals surface area contributed by atoms with Crippen molar-refractivity contribution in [2.75, 3.05) is 7.05 Å². The number of oxime groups is 1. The van der Waals surface area contributed by atoms with E-state index in [0.29, 0.717) is 12.1 Å². The fraction of sp³-hybridized carbons (Fsp3) is 0.214. The summed E-state index contributed by atoms with van der Waals surface area (Å²) in [4.78, 5) is 2.00. The fourth-order valence-electron chi connectivity index (χ4n) is 2.04. The zero-order valence-electron chi connectivity index (χ0n) is 11.4. The van der Waals surface area contributed by atoms with E-state index in [0.717, 1.165) is 10.3 Å². The van der Waals surface area contributed by atoms with Crippen LogP contribution in [0.25, 0.3) is 0 Å². The van der Waals surface area contributed by atoms with E-state index in [1.165, 1.54) is 11.6 Å². The molecule has 0 radical (unpaired) electrons. The van der Waals surface area contributed by atoms with Crippen molar-refractivity contribution in [3.8, 4) is 0 Å². The first-order valence-electron chi connectivity index (χ1n) is 6.18. The highest BCUT2D eigenvalue weighted by Crippen LogP contribution is 2.22. The third-order valence-corrected chi connectivity index (χ3v) is 4.53. The van der Waals surface area contributed by atoms with Crippen LogP contribution in [0.4, 0.5) is 4.39 Å². The monoisotopic (exact) mass is 371 g/mol. The molecule has 0 bridgehead atoms. The Morgan fingerprint density at radius 1 is 1.48 bits per heavy atom. The van der Waals surface area contributed by atoms with Crippen molar-refractivity contribution >= 4 is 33.1 Å². The highest BCUT2D eigenvalue weighted by Gasteiger charge is 2.13. The van der Waals surface area contributed by atoms with Crippen molar-refractivity contribution in [1.82, 2.24) is 4.90 Å². The topological polar surface area (TPSA) is 61.8 Å². The first kappa shape index (κ1) is 15.9. The Morgan fingerprint density at radius 2 is 2.24 bits per heavy atom. The zero-order valence-corrected chi connectivity index (χ0v) is 13.8. The Kier molecular flexibility index (Phi) is 5.33. The maximum Gasteiger partial charge on any atom is 0.173 e. The largest absolute Gasteiger partial charge is 0.409 e. The molecule has 1 aromatic heterocycles. The summed E-state index contributed by atoms with van der Waals surface area (Å²) < 4.78 is 15.4. The molecule has 0 aliphatic rings. The molecule has 0 aliphatic carbocycles. The predicted octanol–water partition coefficient (Wildman–Crippen LogP) is 3.38. The van der Waals surface area contributed by atoms with Crippen LogP contribution >= 0.6 is 27.3 Å². The number of rotatable bonds is 5. The first-order chi connectivity index (χ1) is 10.0. The van der Waals surface area contributed by atoms with E-state index in [2.05, 4.69) is 26.5 Å². The Balaban J connectivity index is 2.12. The number of benzene rings is 1. The Bertz CT molecular complexity index is 659. The number of halogens is 2. The highest BCUT2D eigenvalue weighted by molar-refractivity contribution is 9.11. The summed E-state index contributed by atoms with van der Waals surface area (Å²) in [5.41, 5.74) is 7.26. The van der Waals surface area contributed by atoms with Gasteiger partial charge in [-0.25, -0.2) is 4.39 Å². The quantitative estimate of drug-likeness (QED) is 0.366. The summed E-state index contributed by atoms with van der Waals surface area (Å²) in [6.45, 7) is 1.15. The molecule has 2 aromatic rings. The van der Waals surface area contributed by atoms with E-state index in [1.807, 2.05) is 18.0 Å². The molecule has 21 heavy (non-hydrogen) atoms. The average Bonchev–Trinajstić information content (AvgIpc) is 2.85. The zero-order chi connectivity index (χ0) is 15.4. The van der Waals surface area contributed by atoms with Gasteiger partial charge < -0.3 is 10.9 Å². The van der Waals surface area contributed by atoms with Crippen molar-refractivity contribution in [2.45, 2.75) is 13.1 Å². The third kappa shape index (κ3) is 4.03. The van der Waals surface area contributed by atoms with Crippen LogP contribution in [0.2, 0.25) is 0 Å². The second-order valence-electron chi connectivity index (χ2n) is 4.70. The molecule has 112 valence electrons. The molecule has 0 saturated carbocycles. The van der Waals surface area contributed by atoms with Crippen molar-refractivity contribution < 1.29 is 9.60 Å². The SMILES string of the molecule is CN(Cc1csc(Br)c1)Cc1cccc(/C(N)=N/O)c1F. The molecule has 0 aliphatic heterocycles. The van der Waals surface area contributed by atoms with Crippen LogP contribution in [0.5, 0.6) is 0 Å². The number of thiophene rings is 1. The summed E-state index contributed by atoms with van der Waals surface area (Å²) in [6, 6.07) is 6.93. The normalized spacial score (nSPS) is 12.1. The second-order valence-corrected chi connectivity index (χ2v) is 6.99. The minimum Gasteiger partial charge on any atom is -0.409 e. The van der Waals surface area contributed by atoms with Crippen LogP contribution in [0.15, 0.2) is 38.6 Å². The Hall–Kier alpha value is -1.44. The maximum absolute atomic E-state index is 14.3. The summed E-state index contributed by atoms with van der Waals surface area (Å²) in [7, 11) is 1.92. The second kappa shape index (κ2) is 7.02. The number of amidine groups is 1. The van der Waals surface area contributed by atoms with Crippen LogP contribution in [0.1, 0.15) is 16.7 Å². The number of nitrogens with two attached hydrogens (primary N) is 1. The summed E-state index contributed by atoms with van der Waals surface area (Å²) in [5.74, 6) is -0.676. The van der Waals surface area contributed by atoms with Gasteiger partial charge in [0.1, 0.15) is 5.82 Å². The molecule has 0 unspecified atom stereocenters.